The first-order valence-corrected chi connectivity index (χ1v) is 11.6. The molecule has 0 atom stereocenters. The number of amides is 2. The fourth-order valence-electron chi connectivity index (χ4n) is 3.26. The highest BCUT2D eigenvalue weighted by atomic mass is 16.5. The van der Waals surface area contributed by atoms with Crippen molar-refractivity contribution in [3.63, 3.8) is 0 Å². The highest BCUT2D eigenvalue weighted by Crippen LogP contribution is 2.06. The molecule has 6 nitrogen and oxygen atoms in total. The SMILES string of the molecule is O=C(NCCCOCc1ccccc1)c1ccc(C(=O)NCCCOCc2ccccc2)cc1. The van der Waals surface area contributed by atoms with E-state index in [1.807, 2.05) is 60.7 Å². The van der Waals surface area contributed by atoms with Crippen molar-refractivity contribution in [2.24, 2.45) is 0 Å². The minimum atomic E-state index is -0.161. The zero-order valence-electron chi connectivity index (χ0n) is 19.4. The van der Waals surface area contributed by atoms with Gasteiger partial charge in [-0.05, 0) is 48.2 Å². The molecule has 3 aromatic carbocycles. The largest absolute Gasteiger partial charge is 0.377 e. The third-order valence-corrected chi connectivity index (χ3v) is 5.13. The summed E-state index contributed by atoms with van der Waals surface area (Å²) in [6, 6.07) is 26.6. The van der Waals surface area contributed by atoms with Crippen LogP contribution < -0.4 is 10.6 Å². The quantitative estimate of drug-likeness (QED) is 0.351. The van der Waals surface area contributed by atoms with Crippen molar-refractivity contribution in [1.29, 1.82) is 0 Å². The van der Waals surface area contributed by atoms with Crippen LogP contribution in [-0.2, 0) is 22.7 Å². The zero-order valence-corrected chi connectivity index (χ0v) is 19.4. The van der Waals surface area contributed by atoms with Crippen LogP contribution in [-0.4, -0.2) is 38.1 Å². The van der Waals surface area contributed by atoms with E-state index < -0.39 is 0 Å². The number of carbonyl (C=O) groups is 2. The van der Waals surface area contributed by atoms with Gasteiger partial charge in [-0.1, -0.05) is 60.7 Å². The summed E-state index contributed by atoms with van der Waals surface area (Å²) >= 11 is 0. The van der Waals surface area contributed by atoms with Crippen molar-refractivity contribution in [3.05, 3.63) is 107 Å². The van der Waals surface area contributed by atoms with Crippen LogP contribution in [0.5, 0.6) is 0 Å². The van der Waals surface area contributed by atoms with E-state index in [1.54, 1.807) is 24.3 Å². The summed E-state index contributed by atoms with van der Waals surface area (Å²) < 4.78 is 11.2. The van der Waals surface area contributed by atoms with E-state index in [0.29, 0.717) is 50.6 Å². The van der Waals surface area contributed by atoms with Gasteiger partial charge in [0.15, 0.2) is 0 Å². The van der Waals surface area contributed by atoms with Gasteiger partial charge in [0, 0.05) is 37.4 Å². The van der Waals surface area contributed by atoms with Crippen LogP contribution in [0.4, 0.5) is 0 Å². The number of benzene rings is 3. The third kappa shape index (κ3) is 9.17. The van der Waals surface area contributed by atoms with Gasteiger partial charge in [-0.25, -0.2) is 0 Å². The van der Waals surface area contributed by atoms with Crippen LogP contribution >= 0.6 is 0 Å². The van der Waals surface area contributed by atoms with Gasteiger partial charge in [0.1, 0.15) is 0 Å². The van der Waals surface area contributed by atoms with Crippen LogP contribution in [0.2, 0.25) is 0 Å². The van der Waals surface area contributed by atoms with Gasteiger partial charge in [0.05, 0.1) is 13.2 Å². The Hall–Kier alpha value is -3.48. The first kappa shape index (κ1) is 25.1. The third-order valence-electron chi connectivity index (χ3n) is 5.13. The molecule has 0 bridgehead atoms. The van der Waals surface area contributed by atoms with E-state index in [0.717, 1.165) is 24.0 Å². The predicted molar refractivity (Wildman–Crippen MR) is 133 cm³/mol. The summed E-state index contributed by atoms with van der Waals surface area (Å²) in [6.07, 6.45) is 1.46. The van der Waals surface area contributed by atoms with Crippen LogP contribution in [0.1, 0.15) is 44.7 Å². The van der Waals surface area contributed by atoms with Gasteiger partial charge in [-0.2, -0.15) is 0 Å². The van der Waals surface area contributed by atoms with Gasteiger partial charge in [-0.15, -0.1) is 0 Å². The maximum atomic E-state index is 12.3. The fourth-order valence-corrected chi connectivity index (χ4v) is 3.26. The topological polar surface area (TPSA) is 76.7 Å². The molecule has 0 radical (unpaired) electrons. The number of hydrogen-bond donors (Lipinski definition) is 2. The van der Waals surface area contributed by atoms with Crippen molar-refractivity contribution in [3.8, 4) is 0 Å². The fraction of sp³-hybridized carbons (Fsp3) is 0.286. The number of carbonyl (C=O) groups excluding carboxylic acids is 2. The van der Waals surface area contributed by atoms with Crippen LogP contribution in [0.3, 0.4) is 0 Å². The summed E-state index contributed by atoms with van der Waals surface area (Å²) in [5, 5.41) is 5.76. The summed E-state index contributed by atoms with van der Waals surface area (Å²) in [5.41, 5.74) is 3.31. The molecule has 3 aromatic rings. The van der Waals surface area contributed by atoms with Gasteiger partial charge in [0.2, 0.25) is 0 Å². The lowest BCUT2D eigenvalue weighted by molar-refractivity contribution is 0.0922. The molecule has 2 N–H and O–H groups in total. The molecule has 2 amide bonds. The van der Waals surface area contributed by atoms with Gasteiger partial charge in [-0.3, -0.25) is 9.59 Å². The lowest BCUT2D eigenvalue weighted by Gasteiger charge is -2.08. The highest BCUT2D eigenvalue weighted by Gasteiger charge is 2.08. The Kier molecular flexibility index (Phi) is 10.8. The Morgan fingerprint density at radius 2 is 0.941 bits per heavy atom. The van der Waals surface area contributed by atoms with E-state index in [1.165, 1.54) is 0 Å². The molecule has 0 fully saturated rings. The van der Waals surface area contributed by atoms with Crippen molar-refractivity contribution in [2.45, 2.75) is 26.1 Å². The Bertz CT molecular complexity index is 909. The van der Waals surface area contributed by atoms with E-state index in [2.05, 4.69) is 10.6 Å². The summed E-state index contributed by atoms with van der Waals surface area (Å²) in [4.78, 5) is 24.6. The first-order valence-electron chi connectivity index (χ1n) is 11.6. The molecular formula is C28H32N2O4. The van der Waals surface area contributed by atoms with Gasteiger partial charge in [0.25, 0.3) is 11.8 Å². The van der Waals surface area contributed by atoms with E-state index in [9.17, 15) is 9.59 Å². The van der Waals surface area contributed by atoms with Crippen molar-refractivity contribution in [1.82, 2.24) is 10.6 Å². The molecular weight excluding hydrogens is 428 g/mol. The number of hydrogen-bond acceptors (Lipinski definition) is 4. The molecule has 0 saturated carbocycles. The Balaban J connectivity index is 1.25. The van der Waals surface area contributed by atoms with Crippen molar-refractivity contribution in [2.75, 3.05) is 26.3 Å². The maximum absolute atomic E-state index is 12.3. The van der Waals surface area contributed by atoms with E-state index in [4.69, 9.17) is 9.47 Å². The molecule has 0 aromatic heterocycles. The molecule has 0 spiro atoms. The van der Waals surface area contributed by atoms with Crippen LogP contribution in [0.25, 0.3) is 0 Å². The number of rotatable bonds is 14. The second-order valence-corrected chi connectivity index (χ2v) is 7.87. The lowest BCUT2D eigenvalue weighted by atomic mass is 10.1. The summed E-state index contributed by atoms with van der Waals surface area (Å²) in [7, 11) is 0. The molecule has 0 unspecified atom stereocenters. The molecule has 34 heavy (non-hydrogen) atoms. The molecule has 3 rings (SSSR count). The molecule has 178 valence electrons. The van der Waals surface area contributed by atoms with Crippen molar-refractivity contribution < 1.29 is 19.1 Å². The molecule has 0 heterocycles. The van der Waals surface area contributed by atoms with E-state index in [-0.39, 0.29) is 11.8 Å². The predicted octanol–water partition coefficient (Wildman–Crippen LogP) is 4.36. The highest BCUT2D eigenvalue weighted by molar-refractivity contribution is 5.97. The normalized spacial score (nSPS) is 10.6. The maximum Gasteiger partial charge on any atom is 0.251 e. The number of nitrogens with one attached hydrogen (secondary N) is 2. The monoisotopic (exact) mass is 460 g/mol. The second kappa shape index (κ2) is 14.6. The van der Waals surface area contributed by atoms with Crippen LogP contribution in [0, 0.1) is 0 Å². The lowest BCUT2D eigenvalue weighted by Crippen LogP contribution is -2.26. The molecule has 0 aliphatic rings. The summed E-state index contributed by atoms with van der Waals surface area (Å²) in [6.45, 7) is 3.35. The molecule has 6 heteroatoms. The number of ether oxygens (including phenoxy) is 2. The minimum absolute atomic E-state index is 0.161. The van der Waals surface area contributed by atoms with Gasteiger partial charge >= 0.3 is 0 Å². The Morgan fingerprint density at radius 3 is 1.32 bits per heavy atom. The Labute approximate surface area is 201 Å². The molecule has 0 aliphatic carbocycles. The van der Waals surface area contributed by atoms with Gasteiger partial charge < -0.3 is 20.1 Å². The van der Waals surface area contributed by atoms with E-state index >= 15 is 0 Å². The average molecular weight is 461 g/mol. The standard InChI is InChI=1S/C28H32N2O4/c31-27(29-17-7-19-33-21-23-9-3-1-4-10-23)25-13-15-26(16-14-25)28(32)30-18-8-20-34-22-24-11-5-2-6-12-24/h1-6,9-16H,7-8,17-22H2,(H,29,31)(H,30,32). The first-order chi connectivity index (χ1) is 16.7. The van der Waals surface area contributed by atoms with Crippen molar-refractivity contribution >= 4 is 11.8 Å². The zero-order chi connectivity index (χ0) is 23.8. The second-order valence-electron chi connectivity index (χ2n) is 7.87. The summed E-state index contributed by atoms with van der Waals surface area (Å²) in [5.74, 6) is -0.323. The Morgan fingerprint density at radius 1 is 0.559 bits per heavy atom. The molecule has 0 saturated heterocycles. The van der Waals surface area contributed by atoms with Crippen LogP contribution in [0.15, 0.2) is 84.9 Å². The smallest absolute Gasteiger partial charge is 0.251 e. The molecule has 0 aliphatic heterocycles. The minimum Gasteiger partial charge on any atom is -0.377 e. The average Bonchev–Trinajstić information content (AvgIpc) is 2.89.